The fraction of sp³-hybridized carbons (Fsp3) is 0.556. The van der Waals surface area contributed by atoms with Crippen molar-refractivity contribution < 1.29 is 13.2 Å². The molecule has 1 aromatic carbocycles. The number of hydrogen-bond donors (Lipinski definition) is 1. The molecule has 1 unspecified atom stereocenters. The molecule has 26 heavy (non-hydrogen) atoms. The van der Waals surface area contributed by atoms with Crippen molar-refractivity contribution >= 4 is 27.5 Å². The highest BCUT2D eigenvalue weighted by Gasteiger charge is 2.33. The Bertz CT molecular complexity index is 809. The number of halogens is 1. The van der Waals surface area contributed by atoms with E-state index < -0.39 is 10.0 Å². The highest BCUT2D eigenvalue weighted by Crippen LogP contribution is 2.27. The van der Waals surface area contributed by atoms with Crippen molar-refractivity contribution in [2.24, 2.45) is 11.8 Å². The first-order valence-electron chi connectivity index (χ1n) is 8.67. The fourth-order valence-corrected chi connectivity index (χ4v) is 4.68. The number of amides is 1. The van der Waals surface area contributed by atoms with Gasteiger partial charge in [-0.25, -0.2) is 8.42 Å². The highest BCUT2D eigenvalue weighted by atomic mass is 35.5. The van der Waals surface area contributed by atoms with Gasteiger partial charge >= 0.3 is 0 Å². The first-order valence-corrected chi connectivity index (χ1v) is 10.5. The molecule has 0 radical (unpaired) electrons. The summed E-state index contributed by atoms with van der Waals surface area (Å²) in [5, 5.41) is 12.4. The summed E-state index contributed by atoms with van der Waals surface area (Å²) in [6.45, 7) is 6.53. The predicted octanol–water partition coefficient (Wildman–Crippen LogP) is 2.77. The molecule has 6 nitrogen and oxygen atoms in total. The number of hydrogen-bond acceptors (Lipinski definition) is 4. The zero-order chi connectivity index (χ0) is 19.5. The SMILES string of the molecule is CC(C)C(C)NC(=O)C1CCN(S(=O)(=O)c2cc(Cl)ccc2C#N)CC1. The lowest BCUT2D eigenvalue weighted by molar-refractivity contribution is -0.127. The molecular weight excluding hydrogens is 374 g/mol. The van der Waals surface area contributed by atoms with Gasteiger partial charge in [-0.2, -0.15) is 9.57 Å². The summed E-state index contributed by atoms with van der Waals surface area (Å²) in [7, 11) is -3.82. The Morgan fingerprint density at radius 3 is 2.46 bits per heavy atom. The van der Waals surface area contributed by atoms with E-state index >= 15 is 0 Å². The van der Waals surface area contributed by atoms with Crippen molar-refractivity contribution in [3.63, 3.8) is 0 Å². The second kappa shape index (κ2) is 8.38. The summed E-state index contributed by atoms with van der Waals surface area (Å²) >= 11 is 5.91. The maximum atomic E-state index is 12.9. The van der Waals surface area contributed by atoms with Crippen molar-refractivity contribution in [2.75, 3.05) is 13.1 Å². The molecule has 0 aliphatic carbocycles. The number of nitrogens with zero attached hydrogens (tertiary/aromatic N) is 2. The van der Waals surface area contributed by atoms with Crippen LogP contribution in [-0.2, 0) is 14.8 Å². The first kappa shape index (κ1) is 20.7. The van der Waals surface area contributed by atoms with Gasteiger partial charge in [0, 0.05) is 30.1 Å². The maximum Gasteiger partial charge on any atom is 0.244 e. The lowest BCUT2D eigenvalue weighted by Gasteiger charge is -2.31. The Kier molecular flexibility index (Phi) is 6.67. The quantitative estimate of drug-likeness (QED) is 0.827. The number of sulfonamides is 1. The molecule has 1 aromatic rings. The van der Waals surface area contributed by atoms with Crippen LogP contribution in [0.25, 0.3) is 0 Å². The summed E-state index contributed by atoms with van der Waals surface area (Å²) in [4.78, 5) is 12.3. The lowest BCUT2D eigenvalue weighted by atomic mass is 9.96. The van der Waals surface area contributed by atoms with Crippen LogP contribution in [0.3, 0.4) is 0 Å². The molecular formula is C18H24ClN3O3S. The molecule has 1 atom stereocenters. The van der Waals surface area contributed by atoms with Gasteiger partial charge in [-0.1, -0.05) is 25.4 Å². The van der Waals surface area contributed by atoms with Crippen molar-refractivity contribution in [1.82, 2.24) is 9.62 Å². The second-order valence-corrected chi connectivity index (χ2v) is 9.31. The minimum atomic E-state index is -3.82. The van der Waals surface area contributed by atoms with Gasteiger partial charge in [-0.3, -0.25) is 4.79 Å². The van der Waals surface area contributed by atoms with E-state index in [2.05, 4.69) is 5.32 Å². The number of benzene rings is 1. The number of nitrogens with one attached hydrogen (secondary N) is 1. The van der Waals surface area contributed by atoms with Crippen molar-refractivity contribution in [3.8, 4) is 6.07 Å². The van der Waals surface area contributed by atoms with Crippen LogP contribution in [-0.4, -0.2) is 37.8 Å². The number of piperidine rings is 1. The van der Waals surface area contributed by atoms with E-state index in [1.807, 2.05) is 26.8 Å². The van der Waals surface area contributed by atoms with Crippen LogP contribution in [0, 0.1) is 23.2 Å². The third-order valence-electron chi connectivity index (χ3n) is 4.88. The van der Waals surface area contributed by atoms with E-state index in [0.29, 0.717) is 18.8 Å². The van der Waals surface area contributed by atoms with Crippen LogP contribution in [0.1, 0.15) is 39.2 Å². The summed E-state index contributed by atoms with van der Waals surface area (Å²) in [5.41, 5.74) is 0.0695. The Labute approximate surface area is 160 Å². The molecule has 1 saturated heterocycles. The number of rotatable bonds is 5. The van der Waals surface area contributed by atoms with E-state index in [1.54, 1.807) is 0 Å². The normalized spacial score (nSPS) is 17.7. The molecule has 1 amide bonds. The van der Waals surface area contributed by atoms with Crippen molar-refractivity contribution in [3.05, 3.63) is 28.8 Å². The van der Waals surface area contributed by atoms with Crippen molar-refractivity contribution in [1.29, 1.82) is 5.26 Å². The van der Waals surface area contributed by atoms with E-state index in [0.717, 1.165) is 0 Å². The molecule has 1 aliphatic rings. The monoisotopic (exact) mass is 397 g/mol. The van der Waals surface area contributed by atoms with Gasteiger partial charge < -0.3 is 5.32 Å². The second-order valence-electron chi connectivity index (χ2n) is 6.97. The zero-order valence-corrected chi connectivity index (χ0v) is 16.8. The Balaban J connectivity index is 2.09. The van der Waals surface area contributed by atoms with Gasteiger partial charge in [-0.05, 0) is 43.9 Å². The molecule has 0 saturated carbocycles. The van der Waals surface area contributed by atoms with E-state index in [4.69, 9.17) is 11.6 Å². The molecule has 0 spiro atoms. The summed E-state index contributed by atoms with van der Waals surface area (Å²) in [6, 6.07) is 6.18. The van der Waals surface area contributed by atoms with Crippen LogP contribution in [0.15, 0.2) is 23.1 Å². The van der Waals surface area contributed by atoms with E-state index in [-0.39, 0.29) is 46.4 Å². The minimum Gasteiger partial charge on any atom is -0.353 e. The van der Waals surface area contributed by atoms with E-state index in [9.17, 15) is 18.5 Å². The van der Waals surface area contributed by atoms with Gasteiger partial charge in [0.05, 0.1) is 5.56 Å². The Hall–Kier alpha value is -1.62. The average Bonchev–Trinajstić information content (AvgIpc) is 2.61. The van der Waals surface area contributed by atoms with Crippen LogP contribution in [0.4, 0.5) is 0 Å². The molecule has 8 heteroatoms. The fourth-order valence-electron chi connectivity index (χ4n) is 2.81. The zero-order valence-electron chi connectivity index (χ0n) is 15.2. The average molecular weight is 398 g/mol. The molecule has 2 rings (SSSR count). The van der Waals surface area contributed by atoms with E-state index in [1.165, 1.54) is 22.5 Å². The highest BCUT2D eigenvalue weighted by molar-refractivity contribution is 7.89. The molecule has 1 heterocycles. The molecule has 1 fully saturated rings. The summed E-state index contributed by atoms with van der Waals surface area (Å²) < 4.78 is 27.1. The first-order chi connectivity index (χ1) is 12.2. The summed E-state index contributed by atoms with van der Waals surface area (Å²) in [6.07, 6.45) is 0.913. The molecule has 0 bridgehead atoms. The molecule has 142 valence electrons. The number of nitriles is 1. The molecule has 0 aromatic heterocycles. The van der Waals surface area contributed by atoms with Crippen LogP contribution in [0.2, 0.25) is 5.02 Å². The number of carbonyl (C=O) groups is 1. The summed E-state index contributed by atoms with van der Waals surface area (Å²) in [5.74, 6) is 0.118. The molecule has 1 N–H and O–H groups in total. The topological polar surface area (TPSA) is 90.3 Å². The standard InChI is InChI=1S/C18H24ClN3O3S/c1-12(2)13(3)21-18(23)14-6-8-22(9-7-14)26(24,25)17-10-16(19)5-4-15(17)11-20/h4-5,10,12-14H,6-9H2,1-3H3,(H,21,23). The van der Waals surface area contributed by atoms with Gasteiger partial charge in [-0.15, -0.1) is 0 Å². The van der Waals surface area contributed by atoms with Crippen LogP contribution < -0.4 is 5.32 Å². The maximum absolute atomic E-state index is 12.9. The van der Waals surface area contributed by atoms with Gasteiger partial charge in [0.25, 0.3) is 0 Å². The Morgan fingerprint density at radius 2 is 1.92 bits per heavy atom. The smallest absolute Gasteiger partial charge is 0.244 e. The molecule has 1 aliphatic heterocycles. The predicted molar refractivity (Wildman–Crippen MR) is 100 cm³/mol. The van der Waals surface area contributed by atoms with Gasteiger partial charge in [0.1, 0.15) is 11.0 Å². The van der Waals surface area contributed by atoms with Crippen LogP contribution in [0.5, 0.6) is 0 Å². The van der Waals surface area contributed by atoms with Crippen molar-refractivity contribution in [2.45, 2.75) is 44.6 Å². The van der Waals surface area contributed by atoms with Crippen LogP contribution >= 0.6 is 11.6 Å². The third-order valence-corrected chi connectivity index (χ3v) is 7.05. The third kappa shape index (κ3) is 4.56. The minimum absolute atomic E-state index is 0.0243. The lowest BCUT2D eigenvalue weighted by Crippen LogP contribution is -2.45. The Morgan fingerprint density at radius 1 is 1.31 bits per heavy atom. The number of carbonyl (C=O) groups excluding carboxylic acids is 1. The largest absolute Gasteiger partial charge is 0.353 e. The van der Waals surface area contributed by atoms with Gasteiger partial charge in [0.2, 0.25) is 15.9 Å². The van der Waals surface area contributed by atoms with Gasteiger partial charge in [0.15, 0.2) is 0 Å².